The average Bonchev–Trinajstić information content (AvgIpc) is 2.49. The molecule has 0 atom stereocenters. The van der Waals surface area contributed by atoms with Gasteiger partial charge in [-0.05, 0) is 48.9 Å². The molecule has 2 N–H and O–H groups in total. The molecule has 0 saturated heterocycles. The summed E-state index contributed by atoms with van der Waals surface area (Å²) in [6.45, 7) is 1.56. The first-order chi connectivity index (χ1) is 9.93. The van der Waals surface area contributed by atoms with Crippen molar-refractivity contribution in [2.24, 2.45) is 0 Å². The van der Waals surface area contributed by atoms with Gasteiger partial charge in [0.15, 0.2) is 5.78 Å². The van der Waals surface area contributed by atoms with Crippen molar-refractivity contribution in [1.82, 2.24) is 0 Å². The number of hydrogen-bond acceptors (Lipinski definition) is 3. The van der Waals surface area contributed by atoms with Crippen LogP contribution in [-0.2, 0) is 4.79 Å². The zero-order valence-corrected chi connectivity index (χ0v) is 11.8. The molecule has 0 unspecified atom stereocenters. The Morgan fingerprint density at radius 1 is 1.24 bits per heavy atom. The molecule has 0 aliphatic heterocycles. The van der Waals surface area contributed by atoms with Gasteiger partial charge in [0.25, 0.3) is 0 Å². The second kappa shape index (κ2) is 5.75. The SMILES string of the molecule is Cc1cc(N)cc(C(=O)c2ccc(N(C)C=O)cc2)c1F. The fourth-order valence-corrected chi connectivity index (χ4v) is 2.03. The number of ketones is 1. The van der Waals surface area contributed by atoms with Crippen LogP contribution in [0, 0.1) is 12.7 Å². The maximum atomic E-state index is 14.0. The molecule has 2 aromatic rings. The predicted octanol–water partition coefficient (Wildman–Crippen LogP) is 2.54. The minimum Gasteiger partial charge on any atom is -0.399 e. The van der Waals surface area contributed by atoms with Gasteiger partial charge < -0.3 is 10.6 Å². The normalized spacial score (nSPS) is 10.2. The molecule has 0 radical (unpaired) electrons. The van der Waals surface area contributed by atoms with Crippen molar-refractivity contribution in [3.63, 3.8) is 0 Å². The molecule has 0 spiro atoms. The predicted molar refractivity (Wildman–Crippen MR) is 79.9 cm³/mol. The van der Waals surface area contributed by atoms with Crippen molar-refractivity contribution in [3.05, 3.63) is 58.9 Å². The molecule has 0 bridgehead atoms. The molecule has 21 heavy (non-hydrogen) atoms. The van der Waals surface area contributed by atoms with Crippen LogP contribution in [0.4, 0.5) is 15.8 Å². The minimum atomic E-state index is -0.566. The second-order valence-corrected chi connectivity index (χ2v) is 4.79. The smallest absolute Gasteiger partial charge is 0.213 e. The van der Waals surface area contributed by atoms with Crippen LogP contribution in [0.5, 0.6) is 0 Å². The lowest BCUT2D eigenvalue weighted by Gasteiger charge is -2.11. The Labute approximate surface area is 122 Å². The van der Waals surface area contributed by atoms with E-state index in [0.717, 1.165) is 0 Å². The summed E-state index contributed by atoms with van der Waals surface area (Å²) in [7, 11) is 1.60. The van der Waals surface area contributed by atoms with Crippen LogP contribution in [0.15, 0.2) is 36.4 Å². The molecule has 0 aromatic heterocycles. The van der Waals surface area contributed by atoms with E-state index in [1.165, 1.54) is 17.0 Å². The first-order valence-corrected chi connectivity index (χ1v) is 6.32. The van der Waals surface area contributed by atoms with Gasteiger partial charge >= 0.3 is 0 Å². The average molecular weight is 286 g/mol. The van der Waals surface area contributed by atoms with Gasteiger partial charge in [-0.2, -0.15) is 0 Å². The molecule has 1 amide bonds. The molecule has 0 aliphatic rings. The molecular formula is C16H15FN2O2. The Kier molecular flexibility index (Phi) is 4.03. The number of benzene rings is 2. The fraction of sp³-hybridized carbons (Fsp3) is 0.125. The summed E-state index contributed by atoms with van der Waals surface area (Å²) in [4.78, 5) is 24.4. The van der Waals surface area contributed by atoms with Gasteiger partial charge in [-0.15, -0.1) is 0 Å². The monoisotopic (exact) mass is 286 g/mol. The molecule has 5 heteroatoms. The van der Waals surface area contributed by atoms with Gasteiger partial charge in [0.2, 0.25) is 6.41 Å². The number of carbonyl (C=O) groups is 2. The number of carbonyl (C=O) groups excluding carboxylic acids is 2. The highest BCUT2D eigenvalue weighted by atomic mass is 19.1. The molecule has 0 aliphatic carbocycles. The molecule has 0 fully saturated rings. The Balaban J connectivity index is 2.39. The quantitative estimate of drug-likeness (QED) is 0.533. The zero-order chi connectivity index (χ0) is 15.6. The molecular weight excluding hydrogens is 271 g/mol. The van der Waals surface area contributed by atoms with Crippen LogP contribution < -0.4 is 10.6 Å². The largest absolute Gasteiger partial charge is 0.399 e. The van der Waals surface area contributed by atoms with Crippen molar-refractivity contribution in [2.75, 3.05) is 17.7 Å². The number of hydrogen-bond donors (Lipinski definition) is 1. The Morgan fingerprint density at radius 3 is 2.43 bits per heavy atom. The Hall–Kier alpha value is -2.69. The molecule has 0 heterocycles. The number of halogens is 1. The summed E-state index contributed by atoms with van der Waals surface area (Å²) in [6.07, 6.45) is 0.664. The van der Waals surface area contributed by atoms with Gasteiger partial charge in [0.1, 0.15) is 5.82 Å². The van der Waals surface area contributed by atoms with Crippen LogP contribution in [0.25, 0.3) is 0 Å². The van der Waals surface area contributed by atoms with E-state index in [1.807, 2.05) is 0 Å². The molecule has 2 rings (SSSR count). The summed E-state index contributed by atoms with van der Waals surface area (Å²) >= 11 is 0. The van der Waals surface area contributed by atoms with E-state index in [2.05, 4.69) is 0 Å². The number of nitrogens with zero attached hydrogens (tertiary/aromatic N) is 1. The van der Waals surface area contributed by atoms with Crippen molar-refractivity contribution < 1.29 is 14.0 Å². The Morgan fingerprint density at radius 2 is 1.86 bits per heavy atom. The maximum absolute atomic E-state index is 14.0. The standard InChI is InChI=1S/C16H15FN2O2/c1-10-7-12(18)8-14(15(10)17)16(21)11-3-5-13(6-4-11)19(2)9-20/h3-9H,18H2,1-2H3. The number of nitrogen functional groups attached to an aromatic ring is 1. The minimum absolute atomic E-state index is 0.0519. The lowest BCUT2D eigenvalue weighted by atomic mass is 10.00. The van der Waals surface area contributed by atoms with Gasteiger partial charge in [0, 0.05) is 24.0 Å². The van der Waals surface area contributed by atoms with Crippen LogP contribution >= 0.6 is 0 Å². The van der Waals surface area contributed by atoms with E-state index >= 15 is 0 Å². The number of amides is 1. The van der Waals surface area contributed by atoms with Crippen molar-refractivity contribution in [2.45, 2.75) is 6.92 Å². The Bertz CT molecular complexity index is 696. The lowest BCUT2D eigenvalue weighted by molar-refractivity contribution is -0.107. The van der Waals surface area contributed by atoms with E-state index in [1.54, 1.807) is 38.2 Å². The number of rotatable bonds is 4. The third kappa shape index (κ3) is 2.91. The van der Waals surface area contributed by atoms with Crippen molar-refractivity contribution >= 4 is 23.6 Å². The number of anilines is 2. The lowest BCUT2D eigenvalue weighted by Crippen LogP contribution is -2.14. The van der Waals surface area contributed by atoms with Gasteiger partial charge in [-0.3, -0.25) is 9.59 Å². The summed E-state index contributed by atoms with van der Waals surface area (Å²) in [5, 5.41) is 0. The highest BCUT2D eigenvalue weighted by Crippen LogP contribution is 2.21. The van der Waals surface area contributed by atoms with Crippen molar-refractivity contribution in [1.29, 1.82) is 0 Å². The van der Waals surface area contributed by atoms with Gasteiger partial charge in [0.05, 0.1) is 5.56 Å². The summed E-state index contributed by atoms with van der Waals surface area (Å²) < 4.78 is 14.0. The zero-order valence-electron chi connectivity index (χ0n) is 11.8. The number of nitrogens with two attached hydrogens (primary N) is 1. The highest BCUT2D eigenvalue weighted by molar-refractivity contribution is 6.10. The first kappa shape index (κ1) is 14.7. The first-order valence-electron chi connectivity index (χ1n) is 6.32. The second-order valence-electron chi connectivity index (χ2n) is 4.79. The molecule has 108 valence electrons. The van der Waals surface area contributed by atoms with Gasteiger partial charge in [-0.25, -0.2) is 4.39 Å². The summed E-state index contributed by atoms with van der Waals surface area (Å²) in [5.41, 5.74) is 7.26. The summed E-state index contributed by atoms with van der Waals surface area (Å²) in [6, 6.07) is 9.16. The van der Waals surface area contributed by atoms with E-state index in [9.17, 15) is 14.0 Å². The molecule has 2 aromatic carbocycles. The van der Waals surface area contributed by atoms with E-state index in [4.69, 9.17) is 5.73 Å². The third-order valence-electron chi connectivity index (χ3n) is 3.22. The third-order valence-corrected chi connectivity index (χ3v) is 3.22. The van der Waals surface area contributed by atoms with E-state index < -0.39 is 11.6 Å². The summed E-state index contributed by atoms with van der Waals surface area (Å²) in [5.74, 6) is -1.01. The molecule has 0 saturated carbocycles. The van der Waals surface area contributed by atoms with Crippen LogP contribution in [0.3, 0.4) is 0 Å². The van der Waals surface area contributed by atoms with E-state index in [-0.39, 0.29) is 5.56 Å². The fourth-order valence-electron chi connectivity index (χ4n) is 2.03. The van der Waals surface area contributed by atoms with Crippen LogP contribution in [-0.4, -0.2) is 19.2 Å². The van der Waals surface area contributed by atoms with Crippen LogP contribution in [0.1, 0.15) is 21.5 Å². The topological polar surface area (TPSA) is 63.4 Å². The highest BCUT2D eigenvalue weighted by Gasteiger charge is 2.16. The van der Waals surface area contributed by atoms with E-state index in [0.29, 0.717) is 28.9 Å². The maximum Gasteiger partial charge on any atom is 0.213 e. The molecule has 4 nitrogen and oxygen atoms in total. The van der Waals surface area contributed by atoms with Crippen molar-refractivity contribution in [3.8, 4) is 0 Å². The van der Waals surface area contributed by atoms with Gasteiger partial charge in [-0.1, -0.05) is 0 Å². The van der Waals surface area contributed by atoms with Crippen LogP contribution in [0.2, 0.25) is 0 Å². The number of aryl methyl sites for hydroxylation is 1.